The third kappa shape index (κ3) is 1.76. The van der Waals surface area contributed by atoms with E-state index in [9.17, 15) is 14.4 Å². The van der Waals surface area contributed by atoms with E-state index >= 15 is 0 Å². The van der Waals surface area contributed by atoms with Gasteiger partial charge in [-0.05, 0) is 37.5 Å². The molecule has 1 aromatic carbocycles. The number of rotatable bonds is 0. The number of hydrogen-bond acceptors (Lipinski definition) is 5. The van der Waals surface area contributed by atoms with Gasteiger partial charge >= 0.3 is 0 Å². The van der Waals surface area contributed by atoms with E-state index in [0.717, 1.165) is 11.3 Å². The molecule has 0 amide bonds. The molecule has 1 aromatic rings. The quantitative estimate of drug-likeness (QED) is 0.675. The molecule has 0 aromatic heterocycles. The predicted molar refractivity (Wildman–Crippen MR) is 93.3 cm³/mol. The normalized spacial score (nSPS) is 26.0. The van der Waals surface area contributed by atoms with Gasteiger partial charge in [-0.25, -0.2) is 0 Å². The molecule has 0 radical (unpaired) electrons. The molecule has 130 valence electrons. The summed E-state index contributed by atoms with van der Waals surface area (Å²) in [4.78, 5) is 41.4. The first-order valence-electron chi connectivity index (χ1n) is 8.82. The number of fused-ring (bicyclic) bond motifs is 4. The highest BCUT2D eigenvalue weighted by Crippen LogP contribution is 2.48. The maximum absolute atomic E-state index is 13.4. The van der Waals surface area contributed by atoms with Crippen molar-refractivity contribution in [3.8, 4) is 0 Å². The van der Waals surface area contributed by atoms with Crippen molar-refractivity contribution in [2.75, 3.05) is 0 Å². The van der Waals surface area contributed by atoms with Crippen LogP contribution in [0.4, 0.5) is 0 Å². The molecule has 1 atom stereocenters. The third-order valence-corrected chi connectivity index (χ3v) is 5.58. The Kier molecular flexibility index (Phi) is 3.04. The van der Waals surface area contributed by atoms with Crippen molar-refractivity contribution in [1.82, 2.24) is 4.90 Å². The van der Waals surface area contributed by atoms with Crippen molar-refractivity contribution < 1.29 is 19.1 Å². The minimum atomic E-state index is -1.83. The Labute approximate surface area is 150 Å². The number of carbonyl (C=O) groups is 3. The van der Waals surface area contributed by atoms with Gasteiger partial charge in [-0.3, -0.25) is 14.4 Å². The van der Waals surface area contributed by atoms with Gasteiger partial charge in [0.05, 0.1) is 5.57 Å². The minimum Gasteiger partial charge on any atom is -0.326 e. The van der Waals surface area contributed by atoms with Crippen molar-refractivity contribution in [2.45, 2.75) is 38.0 Å². The van der Waals surface area contributed by atoms with E-state index in [1.54, 1.807) is 24.3 Å². The first kappa shape index (κ1) is 15.5. The number of hydrogen-bond donors (Lipinski definition) is 0. The van der Waals surface area contributed by atoms with E-state index in [1.807, 2.05) is 30.2 Å². The summed E-state index contributed by atoms with van der Waals surface area (Å²) in [6, 6.07) is 6.72. The molecule has 0 unspecified atom stereocenters. The van der Waals surface area contributed by atoms with Crippen LogP contribution in [0.15, 0.2) is 59.5 Å². The molecule has 4 aliphatic rings. The maximum Gasteiger partial charge on any atom is 0.226 e. The number of benzene rings is 1. The first-order valence-corrected chi connectivity index (χ1v) is 8.82. The smallest absolute Gasteiger partial charge is 0.226 e. The Bertz CT molecular complexity index is 946. The van der Waals surface area contributed by atoms with Crippen LogP contribution in [0.25, 0.3) is 0 Å². The number of ketones is 3. The van der Waals surface area contributed by atoms with Crippen LogP contribution in [0.1, 0.15) is 46.9 Å². The average Bonchev–Trinajstić information content (AvgIpc) is 2.84. The van der Waals surface area contributed by atoms with E-state index in [1.165, 1.54) is 0 Å². The first-order chi connectivity index (χ1) is 12.5. The number of Topliss-reactive ketones (excluding diaryl/α,β-unsaturated/α-hetero) is 3. The third-order valence-electron chi connectivity index (χ3n) is 5.58. The molecule has 1 spiro atoms. The van der Waals surface area contributed by atoms with Crippen LogP contribution >= 0.6 is 0 Å². The lowest BCUT2D eigenvalue weighted by Crippen LogP contribution is -2.58. The number of ether oxygens (including phenoxy) is 1. The van der Waals surface area contributed by atoms with Gasteiger partial charge < -0.3 is 9.64 Å². The number of allylic oxidation sites excluding steroid dienone is 3. The van der Waals surface area contributed by atoms with Gasteiger partial charge in [0.15, 0.2) is 12.0 Å². The maximum atomic E-state index is 13.4. The highest BCUT2D eigenvalue weighted by molar-refractivity contribution is 6.37. The van der Waals surface area contributed by atoms with Crippen LogP contribution in [-0.2, 0) is 9.53 Å². The molecule has 2 aliphatic carbocycles. The molecule has 26 heavy (non-hydrogen) atoms. The second-order valence-electron chi connectivity index (χ2n) is 7.13. The largest absolute Gasteiger partial charge is 0.326 e. The van der Waals surface area contributed by atoms with E-state index in [0.29, 0.717) is 30.4 Å². The van der Waals surface area contributed by atoms with E-state index < -0.39 is 23.4 Å². The van der Waals surface area contributed by atoms with Crippen molar-refractivity contribution in [3.05, 3.63) is 70.6 Å². The SMILES string of the molecule is CC1=C[C@@H]2OC3(C(=O)c4ccccc4C3=O)C3=C(CCCC3=O)N2C=C1. The summed E-state index contributed by atoms with van der Waals surface area (Å²) in [6.45, 7) is 1.94. The predicted octanol–water partition coefficient (Wildman–Crippen LogP) is 2.94. The van der Waals surface area contributed by atoms with Crippen LogP contribution in [0, 0.1) is 0 Å². The summed E-state index contributed by atoms with van der Waals surface area (Å²) in [7, 11) is 0. The van der Waals surface area contributed by atoms with E-state index in [2.05, 4.69) is 0 Å². The summed E-state index contributed by atoms with van der Waals surface area (Å²) in [5.41, 5.74) is 0.810. The van der Waals surface area contributed by atoms with E-state index in [4.69, 9.17) is 4.74 Å². The Hall–Kier alpha value is -2.79. The van der Waals surface area contributed by atoms with Gasteiger partial charge in [0.1, 0.15) is 0 Å². The van der Waals surface area contributed by atoms with Crippen LogP contribution in [-0.4, -0.2) is 34.1 Å². The Morgan fingerprint density at radius 3 is 2.46 bits per heavy atom. The van der Waals surface area contributed by atoms with Crippen molar-refractivity contribution in [2.24, 2.45) is 0 Å². The van der Waals surface area contributed by atoms with Gasteiger partial charge in [-0.15, -0.1) is 0 Å². The lowest BCUT2D eigenvalue weighted by Gasteiger charge is -2.46. The van der Waals surface area contributed by atoms with E-state index in [-0.39, 0.29) is 11.4 Å². The van der Waals surface area contributed by atoms with Crippen LogP contribution in [0.5, 0.6) is 0 Å². The van der Waals surface area contributed by atoms with Crippen molar-refractivity contribution in [3.63, 3.8) is 0 Å². The zero-order valence-corrected chi connectivity index (χ0v) is 14.3. The number of nitrogens with zero attached hydrogens (tertiary/aromatic N) is 1. The van der Waals surface area contributed by atoms with Crippen molar-refractivity contribution >= 4 is 17.3 Å². The molecule has 5 heteroatoms. The second-order valence-corrected chi connectivity index (χ2v) is 7.13. The summed E-state index contributed by atoms with van der Waals surface area (Å²) in [6.07, 6.45) is 6.82. The van der Waals surface area contributed by atoms with Crippen LogP contribution < -0.4 is 0 Å². The van der Waals surface area contributed by atoms with Crippen LogP contribution in [0.2, 0.25) is 0 Å². The molecule has 0 saturated carbocycles. The fraction of sp³-hybridized carbons (Fsp3) is 0.286. The van der Waals surface area contributed by atoms with Gasteiger partial charge in [-0.1, -0.05) is 24.3 Å². The molecule has 0 fully saturated rings. The monoisotopic (exact) mass is 347 g/mol. The van der Waals surface area contributed by atoms with Crippen LogP contribution in [0.3, 0.4) is 0 Å². The summed E-state index contributed by atoms with van der Waals surface area (Å²) in [5, 5.41) is 0. The zero-order chi connectivity index (χ0) is 18.1. The molecule has 5 nitrogen and oxygen atoms in total. The standard InChI is InChI=1S/C21H17NO4/c1-12-9-10-22-15-7-4-8-16(23)18(15)21(26-17(22)11-12)19(24)13-5-2-3-6-14(13)20(21)25/h2-3,5-6,9-11,17H,4,7-8H2,1H3/t17-/m0/s1. The molecule has 2 heterocycles. The Morgan fingerprint density at radius 2 is 1.77 bits per heavy atom. The molecular formula is C21H17NO4. The minimum absolute atomic E-state index is 0.168. The van der Waals surface area contributed by atoms with Gasteiger partial charge in [-0.2, -0.15) is 0 Å². The molecule has 0 bridgehead atoms. The molecule has 0 saturated heterocycles. The Morgan fingerprint density at radius 1 is 1.08 bits per heavy atom. The molecule has 0 N–H and O–H groups in total. The molecule has 2 aliphatic heterocycles. The lowest BCUT2D eigenvalue weighted by atomic mass is 9.77. The summed E-state index contributed by atoms with van der Waals surface area (Å²) >= 11 is 0. The molecule has 5 rings (SSSR count). The highest BCUT2D eigenvalue weighted by Gasteiger charge is 2.63. The molecular weight excluding hydrogens is 330 g/mol. The van der Waals surface area contributed by atoms with Gasteiger partial charge in [0, 0.05) is 29.4 Å². The summed E-state index contributed by atoms with van der Waals surface area (Å²) < 4.78 is 6.18. The average molecular weight is 347 g/mol. The lowest BCUT2D eigenvalue weighted by molar-refractivity contribution is -0.124. The highest BCUT2D eigenvalue weighted by atomic mass is 16.5. The zero-order valence-electron chi connectivity index (χ0n) is 14.3. The second kappa shape index (κ2) is 5.11. The van der Waals surface area contributed by atoms with Gasteiger partial charge in [0.25, 0.3) is 0 Å². The van der Waals surface area contributed by atoms with Crippen molar-refractivity contribution in [1.29, 1.82) is 0 Å². The fourth-order valence-electron chi connectivity index (χ4n) is 4.40. The Balaban J connectivity index is 1.79. The fourth-order valence-corrected chi connectivity index (χ4v) is 4.40. The van der Waals surface area contributed by atoms with Gasteiger partial charge in [0.2, 0.25) is 17.2 Å². The topological polar surface area (TPSA) is 63.7 Å². The summed E-state index contributed by atoms with van der Waals surface area (Å²) in [5.74, 6) is -0.999. The number of carbonyl (C=O) groups excluding carboxylic acids is 3.